The third kappa shape index (κ3) is 2.21. The average molecular weight is 180 g/mol. The van der Waals surface area contributed by atoms with Crippen molar-refractivity contribution in [2.75, 3.05) is 0 Å². The highest BCUT2D eigenvalue weighted by molar-refractivity contribution is 5.43. The van der Waals surface area contributed by atoms with Crippen LogP contribution in [0.4, 0.5) is 0 Å². The minimum Gasteiger partial charge on any atom is -0.507 e. The molecule has 13 heavy (non-hydrogen) atoms. The molecule has 1 rings (SSSR count). The summed E-state index contributed by atoms with van der Waals surface area (Å²) in [5, 5.41) is 9.45. The van der Waals surface area contributed by atoms with Crippen molar-refractivity contribution in [1.29, 1.82) is 0 Å². The van der Waals surface area contributed by atoms with Crippen molar-refractivity contribution in [2.24, 2.45) is 0 Å². The minimum atomic E-state index is 0.255. The number of phenolic OH excluding ortho intramolecular Hbond substituents is 1. The Hall–Kier alpha value is -1.51. The quantitative estimate of drug-likeness (QED) is 0.720. The predicted molar refractivity (Wildman–Crippen MR) is 48.4 cm³/mol. The first-order chi connectivity index (χ1) is 6.15. The molecule has 3 nitrogen and oxygen atoms in total. The predicted octanol–water partition coefficient (Wildman–Crippen LogP) is 1.68. The molecule has 0 unspecified atom stereocenters. The van der Waals surface area contributed by atoms with Gasteiger partial charge in [-0.1, -0.05) is 0 Å². The molecule has 0 fully saturated rings. The van der Waals surface area contributed by atoms with E-state index in [0.29, 0.717) is 12.2 Å². The van der Waals surface area contributed by atoms with Crippen LogP contribution >= 0.6 is 0 Å². The Bertz CT molecular complexity index is 295. The molecule has 0 atom stereocenters. The lowest BCUT2D eigenvalue weighted by Crippen LogP contribution is -1.92. The van der Waals surface area contributed by atoms with Gasteiger partial charge in [0.2, 0.25) is 0 Å². The molecule has 0 heterocycles. The molecular weight excluding hydrogens is 168 g/mol. The third-order valence-corrected chi connectivity index (χ3v) is 1.87. The van der Waals surface area contributed by atoms with Crippen molar-refractivity contribution >= 4 is 6.47 Å². The molecule has 70 valence electrons. The summed E-state index contributed by atoms with van der Waals surface area (Å²) in [7, 11) is 0. The topological polar surface area (TPSA) is 46.5 Å². The summed E-state index contributed by atoms with van der Waals surface area (Å²) < 4.78 is 4.61. The molecule has 3 heteroatoms. The van der Waals surface area contributed by atoms with E-state index in [0.717, 1.165) is 16.7 Å². The van der Waals surface area contributed by atoms with Crippen LogP contribution in [0.15, 0.2) is 12.1 Å². The van der Waals surface area contributed by atoms with E-state index in [1.165, 1.54) is 0 Å². The van der Waals surface area contributed by atoms with Gasteiger partial charge in [0.25, 0.3) is 6.47 Å². The summed E-state index contributed by atoms with van der Waals surface area (Å²) in [5.74, 6) is 0.301. The summed E-state index contributed by atoms with van der Waals surface area (Å²) in [6.45, 7) is 4.29. The lowest BCUT2D eigenvalue weighted by atomic mass is 10.1. The zero-order chi connectivity index (χ0) is 9.84. The Balaban J connectivity index is 2.92. The molecule has 0 saturated carbocycles. The number of aryl methyl sites for hydroxylation is 2. The third-order valence-electron chi connectivity index (χ3n) is 1.87. The molecule has 0 amide bonds. The lowest BCUT2D eigenvalue weighted by Gasteiger charge is -2.06. The van der Waals surface area contributed by atoms with Crippen molar-refractivity contribution in [3.63, 3.8) is 0 Å². The Morgan fingerprint density at radius 1 is 1.38 bits per heavy atom. The Kier molecular flexibility index (Phi) is 2.90. The zero-order valence-corrected chi connectivity index (χ0v) is 7.70. The van der Waals surface area contributed by atoms with Gasteiger partial charge in [-0.2, -0.15) is 0 Å². The van der Waals surface area contributed by atoms with E-state index in [1.807, 2.05) is 13.8 Å². The number of hydrogen-bond donors (Lipinski definition) is 1. The van der Waals surface area contributed by atoms with E-state index in [2.05, 4.69) is 4.74 Å². The van der Waals surface area contributed by atoms with E-state index in [1.54, 1.807) is 12.1 Å². The van der Waals surface area contributed by atoms with E-state index >= 15 is 0 Å². The van der Waals surface area contributed by atoms with E-state index in [-0.39, 0.29) is 6.61 Å². The standard InChI is InChI=1S/C10H12O3/c1-7-3-9(5-13-6-11)4-8(2)10(7)12/h3-4,6,12H,5H2,1-2H3. The van der Waals surface area contributed by atoms with Gasteiger partial charge in [0.15, 0.2) is 0 Å². The molecule has 0 aliphatic heterocycles. The number of phenols is 1. The van der Waals surface area contributed by atoms with Gasteiger partial charge in [0, 0.05) is 0 Å². The van der Waals surface area contributed by atoms with Crippen LogP contribution in [0.25, 0.3) is 0 Å². The fourth-order valence-electron chi connectivity index (χ4n) is 1.26. The summed E-state index contributed by atoms with van der Waals surface area (Å²) in [4.78, 5) is 9.94. The smallest absolute Gasteiger partial charge is 0.293 e. The molecule has 0 radical (unpaired) electrons. The highest BCUT2D eigenvalue weighted by Crippen LogP contribution is 2.22. The number of carbonyl (C=O) groups excluding carboxylic acids is 1. The van der Waals surface area contributed by atoms with Crippen molar-refractivity contribution in [3.8, 4) is 5.75 Å². The summed E-state index contributed by atoms with van der Waals surface area (Å²) in [6.07, 6.45) is 0. The van der Waals surface area contributed by atoms with Crippen molar-refractivity contribution < 1.29 is 14.6 Å². The van der Waals surface area contributed by atoms with Crippen LogP contribution in [0, 0.1) is 13.8 Å². The van der Waals surface area contributed by atoms with Gasteiger partial charge < -0.3 is 9.84 Å². The first-order valence-electron chi connectivity index (χ1n) is 3.99. The van der Waals surface area contributed by atoms with E-state index in [4.69, 9.17) is 0 Å². The molecule has 1 aromatic carbocycles. The Morgan fingerprint density at radius 2 is 1.92 bits per heavy atom. The van der Waals surface area contributed by atoms with Gasteiger partial charge >= 0.3 is 0 Å². The summed E-state index contributed by atoms with van der Waals surface area (Å²) in [5.41, 5.74) is 2.48. The highest BCUT2D eigenvalue weighted by atomic mass is 16.5. The van der Waals surface area contributed by atoms with Gasteiger partial charge in [-0.05, 0) is 42.7 Å². The second-order valence-corrected chi connectivity index (χ2v) is 2.99. The second-order valence-electron chi connectivity index (χ2n) is 2.99. The number of aromatic hydroxyl groups is 1. The van der Waals surface area contributed by atoms with Crippen molar-refractivity contribution in [2.45, 2.75) is 20.5 Å². The normalized spacial score (nSPS) is 9.69. The van der Waals surface area contributed by atoms with Gasteiger partial charge in [0.1, 0.15) is 12.4 Å². The van der Waals surface area contributed by atoms with Gasteiger partial charge in [-0.3, -0.25) is 4.79 Å². The van der Waals surface area contributed by atoms with Crippen LogP contribution < -0.4 is 0 Å². The SMILES string of the molecule is Cc1cc(COC=O)cc(C)c1O. The van der Waals surface area contributed by atoms with Crippen LogP contribution in [0.5, 0.6) is 5.75 Å². The molecule has 1 N–H and O–H groups in total. The van der Waals surface area contributed by atoms with Crippen LogP contribution in [0.3, 0.4) is 0 Å². The van der Waals surface area contributed by atoms with Crippen LogP contribution in [0.1, 0.15) is 16.7 Å². The molecule has 0 bridgehead atoms. The fraction of sp³-hybridized carbons (Fsp3) is 0.300. The Labute approximate surface area is 77.0 Å². The van der Waals surface area contributed by atoms with Gasteiger partial charge in [-0.25, -0.2) is 0 Å². The fourth-order valence-corrected chi connectivity index (χ4v) is 1.26. The number of benzene rings is 1. The van der Waals surface area contributed by atoms with Gasteiger partial charge in [0.05, 0.1) is 0 Å². The zero-order valence-electron chi connectivity index (χ0n) is 7.70. The lowest BCUT2D eigenvalue weighted by molar-refractivity contribution is -0.129. The first kappa shape index (κ1) is 9.58. The molecule has 0 aromatic heterocycles. The maximum Gasteiger partial charge on any atom is 0.293 e. The second kappa shape index (κ2) is 3.94. The number of ether oxygens (including phenoxy) is 1. The maximum absolute atomic E-state index is 9.94. The number of carbonyl (C=O) groups is 1. The molecule has 0 aliphatic carbocycles. The highest BCUT2D eigenvalue weighted by Gasteiger charge is 2.02. The molecule has 1 aromatic rings. The number of hydrogen-bond acceptors (Lipinski definition) is 3. The molecular formula is C10H12O3. The number of rotatable bonds is 3. The Morgan fingerprint density at radius 3 is 2.38 bits per heavy atom. The molecule has 0 spiro atoms. The van der Waals surface area contributed by atoms with Crippen LogP contribution in [0.2, 0.25) is 0 Å². The summed E-state index contributed by atoms with van der Waals surface area (Å²) >= 11 is 0. The monoisotopic (exact) mass is 180 g/mol. The van der Waals surface area contributed by atoms with E-state index in [9.17, 15) is 9.90 Å². The van der Waals surface area contributed by atoms with Gasteiger partial charge in [-0.15, -0.1) is 0 Å². The summed E-state index contributed by atoms with van der Waals surface area (Å²) in [6, 6.07) is 3.59. The minimum absolute atomic E-state index is 0.255. The first-order valence-corrected chi connectivity index (χ1v) is 3.99. The maximum atomic E-state index is 9.94. The van der Waals surface area contributed by atoms with Crippen molar-refractivity contribution in [3.05, 3.63) is 28.8 Å². The molecule has 0 aliphatic rings. The average Bonchev–Trinajstić information content (AvgIpc) is 2.10. The van der Waals surface area contributed by atoms with Crippen molar-refractivity contribution in [1.82, 2.24) is 0 Å². The molecule has 0 saturated heterocycles. The van der Waals surface area contributed by atoms with Crippen LogP contribution in [-0.2, 0) is 16.1 Å². The van der Waals surface area contributed by atoms with E-state index < -0.39 is 0 Å². The largest absolute Gasteiger partial charge is 0.507 e. The van der Waals surface area contributed by atoms with Crippen LogP contribution in [-0.4, -0.2) is 11.6 Å².